The molecule has 4 nitrogen and oxygen atoms in total. The second-order valence-electron chi connectivity index (χ2n) is 4.98. The number of nitrogens with one attached hydrogen (secondary N) is 2. The van der Waals surface area contributed by atoms with Crippen LogP contribution in [-0.4, -0.2) is 43.5 Å². The molecule has 7 heteroatoms. The van der Waals surface area contributed by atoms with E-state index in [1.807, 2.05) is 7.05 Å². The van der Waals surface area contributed by atoms with Crippen LogP contribution in [0.5, 0.6) is 0 Å². The normalized spacial score (nSPS) is 16.3. The molecule has 118 valence electrons. The van der Waals surface area contributed by atoms with E-state index >= 15 is 0 Å². The van der Waals surface area contributed by atoms with E-state index in [1.54, 1.807) is 18.2 Å². The van der Waals surface area contributed by atoms with Crippen molar-refractivity contribution in [2.45, 2.75) is 18.9 Å². The molecule has 1 aliphatic rings. The number of para-hydroxylation sites is 1. The molecule has 0 spiro atoms. The van der Waals surface area contributed by atoms with Crippen LogP contribution < -0.4 is 10.6 Å². The number of amides is 1. The molecule has 0 aromatic heterocycles. The fourth-order valence-corrected chi connectivity index (χ4v) is 2.87. The lowest BCUT2D eigenvalue weighted by molar-refractivity contribution is -0.117. The van der Waals surface area contributed by atoms with Crippen LogP contribution in [0.3, 0.4) is 0 Å². The largest absolute Gasteiger partial charge is 0.322 e. The number of piperidine rings is 1. The highest BCUT2D eigenvalue weighted by molar-refractivity contribution is 6.39. The number of likely N-dealkylation sites (tertiary alicyclic amines) is 1. The Bertz CT molecular complexity index is 456. The van der Waals surface area contributed by atoms with Gasteiger partial charge in [-0.25, -0.2) is 0 Å². The van der Waals surface area contributed by atoms with E-state index in [0.29, 0.717) is 28.3 Å². The Balaban J connectivity index is 0.00000220. The molecule has 21 heavy (non-hydrogen) atoms. The predicted octanol–water partition coefficient (Wildman–Crippen LogP) is 3.04. The van der Waals surface area contributed by atoms with Crippen molar-refractivity contribution in [1.82, 2.24) is 10.2 Å². The van der Waals surface area contributed by atoms with Gasteiger partial charge in [-0.2, -0.15) is 0 Å². The van der Waals surface area contributed by atoms with Crippen molar-refractivity contribution in [3.63, 3.8) is 0 Å². The summed E-state index contributed by atoms with van der Waals surface area (Å²) in [6, 6.07) is 5.73. The molecule has 0 atom stereocenters. The third-order valence-electron chi connectivity index (χ3n) is 3.59. The molecule has 2 rings (SSSR count). The van der Waals surface area contributed by atoms with E-state index in [9.17, 15) is 4.79 Å². The molecular weight excluding hydrogens is 333 g/mol. The van der Waals surface area contributed by atoms with E-state index in [4.69, 9.17) is 23.2 Å². The summed E-state index contributed by atoms with van der Waals surface area (Å²) < 4.78 is 0. The zero-order valence-electron chi connectivity index (χ0n) is 11.9. The van der Waals surface area contributed by atoms with Crippen LogP contribution in [0.15, 0.2) is 18.2 Å². The van der Waals surface area contributed by atoms with Crippen LogP contribution in [0.25, 0.3) is 0 Å². The summed E-state index contributed by atoms with van der Waals surface area (Å²) in [5.74, 6) is -0.0806. The Labute approximate surface area is 141 Å². The number of anilines is 1. The lowest BCUT2D eigenvalue weighted by Crippen LogP contribution is -2.44. The van der Waals surface area contributed by atoms with Crippen molar-refractivity contribution >= 4 is 47.2 Å². The van der Waals surface area contributed by atoms with Gasteiger partial charge in [-0.15, -0.1) is 12.4 Å². The van der Waals surface area contributed by atoms with Crippen molar-refractivity contribution in [3.05, 3.63) is 28.2 Å². The van der Waals surface area contributed by atoms with Gasteiger partial charge in [-0.3, -0.25) is 9.69 Å². The monoisotopic (exact) mass is 351 g/mol. The number of carbonyl (C=O) groups excluding carboxylic acids is 1. The Morgan fingerprint density at radius 3 is 2.38 bits per heavy atom. The standard InChI is InChI=1S/C14H19Cl2N3O.ClH/c1-17-10-5-7-19(8-6-10)9-13(20)18-14-11(15)3-2-4-12(14)16;/h2-4,10,17H,5-9H2,1H3,(H,18,20);1H. The lowest BCUT2D eigenvalue weighted by atomic mass is 10.1. The molecule has 0 aliphatic carbocycles. The first-order valence-corrected chi connectivity index (χ1v) is 7.49. The number of halogens is 3. The first-order valence-electron chi connectivity index (χ1n) is 6.73. The van der Waals surface area contributed by atoms with E-state index in [1.165, 1.54) is 0 Å². The predicted molar refractivity (Wildman–Crippen MR) is 90.9 cm³/mol. The molecule has 1 heterocycles. The van der Waals surface area contributed by atoms with Gasteiger partial charge < -0.3 is 10.6 Å². The van der Waals surface area contributed by atoms with Crippen LogP contribution in [0.2, 0.25) is 10.0 Å². The summed E-state index contributed by atoms with van der Waals surface area (Å²) in [4.78, 5) is 14.2. The number of hydrogen-bond donors (Lipinski definition) is 2. The number of benzene rings is 1. The lowest BCUT2D eigenvalue weighted by Gasteiger charge is -2.31. The quantitative estimate of drug-likeness (QED) is 0.875. The molecule has 1 aromatic rings. The molecule has 0 unspecified atom stereocenters. The van der Waals surface area contributed by atoms with E-state index < -0.39 is 0 Å². The first kappa shape index (κ1) is 18.5. The molecule has 1 amide bonds. The van der Waals surface area contributed by atoms with Gasteiger partial charge in [0.1, 0.15) is 0 Å². The van der Waals surface area contributed by atoms with Crippen LogP contribution in [-0.2, 0) is 4.79 Å². The van der Waals surface area contributed by atoms with Gasteiger partial charge in [0.15, 0.2) is 0 Å². The van der Waals surface area contributed by atoms with E-state index in [0.717, 1.165) is 25.9 Å². The molecule has 1 fully saturated rings. The third kappa shape index (κ3) is 5.31. The average Bonchev–Trinajstić information content (AvgIpc) is 2.44. The third-order valence-corrected chi connectivity index (χ3v) is 4.22. The molecule has 1 saturated heterocycles. The summed E-state index contributed by atoms with van der Waals surface area (Å²) in [5, 5.41) is 6.98. The SMILES string of the molecule is CNC1CCN(CC(=O)Nc2c(Cl)cccc2Cl)CC1.Cl. The van der Waals surface area contributed by atoms with E-state index in [-0.39, 0.29) is 18.3 Å². The summed E-state index contributed by atoms with van der Waals surface area (Å²) >= 11 is 12.1. The summed E-state index contributed by atoms with van der Waals surface area (Å²) in [7, 11) is 1.98. The highest BCUT2D eigenvalue weighted by atomic mass is 35.5. The van der Waals surface area contributed by atoms with Gasteiger partial charge in [0, 0.05) is 19.1 Å². The Hall–Kier alpha value is -0.520. The second kappa shape index (κ2) is 8.81. The minimum atomic E-state index is -0.0806. The van der Waals surface area contributed by atoms with Crippen molar-refractivity contribution in [2.75, 3.05) is 32.0 Å². The topological polar surface area (TPSA) is 44.4 Å². The molecule has 1 aliphatic heterocycles. The van der Waals surface area contributed by atoms with Crippen LogP contribution >= 0.6 is 35.6 Å². The molecule has 0 radical (unpaired) electrons. The zero-order chi connectivity index (χ0) is 14.5. The number of hydrogen-bond acceptors (Lipinski definition) is 3. The summed E-state index contributed by atoms with van der Waals surface area (Å²) in [6.07, 6.45) is 2.13. The number of nitrogens with zero attached hydrogens (tertiary/aromatic N) is 1. The van der Waals surface area contributed by atoms with E-state index in [2.05, 4.69) is 15.5 Å². The van der Waals surface area contributed by atoms with Crippen LogP contribution in [0.1, 0.15) is 12.8 Å². The van der Waals surface area contributed by atoms with Gasteiger partial charge >= 0.3 is 0 Å². The number of rotatable bonds is 4. The van der Waals surface area contributed by atoms with Crippen molar-refractivity contribution in [1.29, 1.82) is 0 Å². The van der Waals surface area contributed by atoms with Crippen LogP contribution in [0.4, 0.5) is 5.69 Å². The minimum absolute atomic E-state index is 0. The van der Waals surface area contributed by atoms with Gasteiger partial charge in [-0.1, -0.05) is 29.3 Å². The average molecular weight is 353 g/mol. The number of carbonyl (C=O) groups is 1. The van der Waals surface area contributed by atoms with Gasteiger partial charge in [0.05, 0.1) is 22.3 Å². The summed E-state index contributed by atoms with van der Waals surface area (Å²) in [5.41, 5.74) is 0.492. The molecule has 0 saturated carbocycles. The van der Waals surface area contributed by atoms with Crippen molar-refractivity contribution < 1.29 is 4.79 Å². The van der Waals surface area contributed by atoms with Gasteiger partial charge in [0.2, 0.25) is 5.91 Å². The maximum absolute atomic E-state index is 12.1. The zero-order valence-corrected chi connectivity index (χ0v) is 14.2. The second-order valence-corrected chi connectivity index (χ2v) is 5.80. The highest BCUT2D eigenvalue weighted by Gasteiger charge is 2.20. The maximum atomic E-state index is 12.1. The first-order chi connectivity index (χ1) is 9.60. The fourth-order valence-electron chi connectivity index (χ4n) is 2.38. The summed E-state index contributed by atoms with van der Waals surface area (Å²) in [6.45, 7) is 2.22. The fraction of sp³-hybridized carbons (Fsp3) is 0.500. The minimum Gasteiger partial charge on any atom is -0.322 e. The molecular formula is C14H20Cl3N3O. The highest BCUT2D eigenvalue weighted by Crippen LogP contribution is 2.29. The Morgan fingerprint density at radius 1 is 1.29 bits per heavy atom. The van der Waals surface area contributed by atoms with Crippen LogP contribution in [0, 0.1) is 0 Å². The Kier molecular flexibility index (Phi) is 7.77. The van der Waals surface area contributed by atoms with Gasteiger partial charge in [0.25, 0.3) is 0 Å². The molecule has 1 aromatic carbocycles. The smallest absolute Gasteiger partial charge is 0.238 e. The van der Waals surface area contributed by atoms with Crippen molar-refractivity contribution in [2.24, 2.45) is 0 Å². The Morgan fingerprint density at radius 2 is 1.86 bits per heavy atom. The van der Waals surface area contributed by atoms with Gasteiger partial charge in [-0.05, 0) is 32.0 Å². The van der Waals surface area contributed by atoms with Crippen molar-refractivity contribution in [3.8, 4) is 0 Å². The maximum Gasteiger partial charge on any atom is 0.238 e. The molecule has 0 bridgehead atoms. The molecule has 2 N–H and O–H groups in total.